The van der Waals surface area contributed by atoms with Crippen LogP contribution < -0.4 is 10.9 Å². The average Bonchev–Trinajstić information content (AvgIpc) is 3.17. The predicted molar refractivity (Wildman–Crippen MR) is 113 cm³/mol. The molecule has 2 heterocycles. The van der Waals surface area contributed by atoms with Crippen LogP contribution in [0.1, 0.15) is 50.7 Å². The summed E-state index contributed by atoms with van der Waals surface area (Å²) in [5, 5.41) is 8.95. The van der Waals surface area contributed by atoms with Gasteiger partial charge in [0.1, 0.15) is 11.4 Å². The van der Waals surface area contributed by atoms with E-state index < -0.39 is 0 Å². The Morgan fingerprint density at radius 3 is 1.43 bits per heavy atom. The van der Waals surface area contributed by atoms with Gasteiger partial charge in [-0.3, -0.25) is 4.79 Å². The van der Waals surface area contributed by atoms with E-state index in [0.29, 0.717) is 11.4 Å². The molecule has 0 amide bonds. The number of carbonyl (C=O) groups is 1. The number of nitrogens with zero attached hydrogens (tertiary/aromatic N) is 2. The zero-order valence-electron chi connectivity index (χ0n) is 16.7. The van der Waals surface area contributed by atoms with Gasteiger partial charge in [0.2, 0.25) is 5.78 Å². The van der Waals surface area contributed by atoms with Crippen LogP contribution in [0, 0.1) is 0 Å². The smallest absolute Gasteiger partial charge is 0.226 e. The lowest BCUT2D eigenvalue weighted by atomic mass is 9.74. The van der Waals surface area contributed by atoms with Gasteiger partial charge in [-0.2, -0.15) is 10.2 Å². The molecule has 0 aromatic heterocycles. The van der Waals surface area contributed by atoms with Crippen LogP contribution in [-0.2, 0) is 4.79 Å². The van der Waals surface area contributed by atoms with Crippen molar-refractivity contribution in [3.8, 4) is 0 Å². The molecule has 0 aliphatic carbocycles. The molecule has 2 aromatic rings. The van der Waals surface area contributed by atoms with Crippen LogP contribution in [0.3, 0.4) is 0 Å². The second-order valence-corrected chi connectivity index (χ2v) is 8.68. The van der Waals surface area contributed by atoms with Gasteiger partial charge in [-0.05, 0) is 38.8 Å². The average molecular weight is 374 g/mol. The van der Waals surface area contributed by atoms with E-state index in [-0.39, 0.29) is 28.7 Å². The molecule has 2 aliphatic heterocycles. The van der Waals surface area contributed by atoms with Crippen molar-refractivity contribution in [3.63, 3.8) is 0 Å². The monoisotopic (exact) mass is 374 g/mol. The third-order valence-corrected chi connectivity index (χ3v) is 5.65. The number of hydrogen-bond donors (Lipinski definition) is 2. The van der Waals surface area contributed by atoms with Gasteiger partial charge >= 0.3 is 0 Å². The van der Waals surface area contributed by atoms with Gasteiger partial charge in [0.15, 0.2) is 0 Å². The van der Waals surface area contributed by atoms with E-state index in [4.69, 9.17) is 0 Å². The maximum absolute atomic E-state index is 13.6. The molecule has 2 aliphatic rings. The van der Waals surface area contributed by atoms with Crippen LogP contribution in [0.15, 0.2) is 70.9 Å². The van der Waals surface area contributed by atoms with E-state index in [1.165, 1.54) is 0 Å². The number of hydrazone groups is 2. The Kier molecular flexibility index (Phi) is 4.33. The van der Waals surface area contributed by atoms with Crippen molar-refractivity contribution in [1.82, 2.24) is 10.9 Å². The molecular weight excluding hydrogens is 348 g/mol. The van der Waals surface area contributed by atoms with E-state index in [1.807, 2.05) is 36.4 Å². The predicted octanol–water partition coefficient (Wildman–Crippen LogP) is 3.60. The van der Waals surface area contributed by atoms with Crippen LogP contribution in [0.2, 0.25) is 0 Å². The summed E-state index contributed by atoms with van der Waals surface area (Å²) in [7, 11) is 0. The first kappa shape index (κ1) is 18.4. The van der Waals surface area contributed by atoms with Crippen molar-refractivity contribution in [3.05, 3.63) is 71.8 Å². The molecular formula is C23H26N4O. The van der Waals surface area contributed by atoms with Crippen LogP contribution in [-0.4, -0.2) is 28.3 Å². The van der Waals surface area contributed by atoms with Crippen molar-refractivity contribution < 1.29 is 4.79 Å². The quantitative estimate of drug-likeness (QED) is 0.859. The van der Waals surface area contributed by atoms with E-state index in [1.54, 1.807) is 0 Å². The third kappa shape index (κ3) is 3.01. The molecule has 0 saturated heterocycles. The van der Waals surface area contributed by atoms with Crippen molar-refractivity contribution in [2.45, 2.75) is 50.6 Å². The van der Waals surface area contributed by atoms with Crippen molar-refractivity contribution in [2.24, 2.45) is 10.2 Å². The second kappa shape index (κ2) is 6.59. The van der Waals surface area contributed by atoms with Gasteiger partial charge in [-0.15, -0.1) is 0 Å². The zero-order chi connectivity index (χ0) is 19.9. The number of rotatable bonds is 4. The third-order valence-electron chi connectivity index (χ3n) is 5.65. The lowest BCUT2D eigenvalue weighted by molar-refractivity contribution is -0.107. The van der Waals surface area contributed by atoms with Crippen molar-refractivity contribution in [1.29, 1.82) is 0 Å². The first-order chi connectivity index (χ1) is 13.3. The minimum atomic E-state index is -0.350. The van der Waals surface area contributed by atoms with Crippen molar-refractivity contribution >= 4 is 17.2 Å². The number of benzene rings is 2. The van der Waals surface area contributed by atoms with Crippen molar-refractivity contribution in [2.75, 3.05) is 0 Å². The highest BCUT2D eigenvalue weighted by molar-refractivity contribution is 6.68. The second-order valence-electron chi connectivity index (χ2n) is 8.68. The molecule has 2 N–H and O–H groups in total. The fraction of sp³-hybridized carbons (Fsp3) is 0.348. The molecule has 0 unspecified atom stereocenters. The highest BCUT2D eigenvalue weighted by Gasteiger charge is 2.48. The summed E-state index contributed by atoms with van der Waals surface area (Å²) < 4.78 is 0. The number of ketones is 1. The SMILES string of the molecule is CC1(C)NN=C(C(=O)C2=NNC(C)(C)[C@@H]2c2ccccc2)[C@@H]1c1ccccc1. The molecule has 28 heavy (non-hydrogen) atoms. The molecule has 0 bridgehead atoms. The highest BCUT2D eigenvalue weighted by atomic mass is 16.1. The minimum absolute atomic E-state index is 0.0983. The number of hydrogen-bond acceptors (Lipinski definition) is 5. The van der Waals surface area contributed by atoms with Crippen LogP contribution in [0.5, 0.6) is 0 Å². The van der Waals surface area contributed by atoms with E-state index in [9.17, 15) is 4.79 Å². The number of nitrogens with one attached hydrogen (secondary N) is 2. The summed E-state index contributed by atoms with van der Waals surface area (Å²) in [5.41, 5.74) is 8.83. The molecule has 144 valence electrons. The van der Waals surface area contributed by atoms with Gasteiger partial charge < -0.3 is 10.9 Å². The normalized spacial score (nSPS) is 24.7. The van der Waals surface area contributed by atoms with Gasteiger partial charge in [0.05, 0.1) is 22.9 Å². The fourth-order valence-corrected chi connectivity index (χ4v) is 4.29. The van der Waals surface area contributed by atoms with Crippen LogP contribution >= 0.6 is 0 Å². The molecule has 0 radical (unpaired) electrons. The molecule has 2 atom stereocenters. The standard InChI is InChI=1S/C23H26N4O/c1-22(2)17(15-11-7-5-8-12-15)19(24-26-22)21(28)20-18(23(3,4)27-25-20)16-13-9-6-10-14-16/h5-14,17-18,26-27H,1-4H3/t17-,18+. The molecule has 0 fully saturated rings. The minimum Gasteiger partial charge on any atom is -0.303 e. The van der Waals surface area contributed by atoms with E-state index in [2.05, 4.69) is 73.0 Å². The largest absolute Gasteiger partial charge is 0.303 e. The number of Topliss-reactive ketones (excluding diaryl/α,β-unsaturated/α-hetero) is 1. The first-order valence-electron chi connectivity index (χ1n) is 9.65. The van der Waals surface area contributed by atoms with Crippen LogP contribution in [0.25, 0.3) is 0 Å². The Labute approximate surface area is 165 Å². The first-order valence-corrected chi connectivity index (χ1v) is 9.65. The Bertz CT molecular complexity index is 868. The Hall–Kier alpha value is -2.95. The summed E-state index contributed by atoms with van der Waals surface area (Å²) in [5.74, 6) is -0.369. The van der Waals surface area contributed by atoms with Crippen LogP contribution in [0.4, 0.5) is 0 Å². The zero-order valence-corrected chi connectivity index (χ0v) is 16.7. The van der Waals surface area contributed by atoms with E-state index in [0.717, 1.165) is 11.1 Å². The van der Waals surface area contributed by atoms with Gasteiger partial charge in [-0.25, -0.2) is 0 Å². The molecule has 4 rings (SSSR count). The maximum Gasteiger partial charge on any atom is 0.226 e. The molecule has 5 nitrogen and oxygen atoms in total. The molecule has 2 aromatic carbocycles. The Morgan fingerprint density at radius 1 is 0.714 bits per heavy atom. The summed E-state index contributed by atoms with van der Waals surface area (Å²) in [4.78, 5) is 13.6. The molecule has 0 spiro atoms. The summed E-state index contributed by atoms with van der Waals surface area (Å²) in [6, 6.07) is 20.2. The van der Waals surface area contributed by atoms with E-state index >= 15 is 0 Å². The summed E-state index contributed by atoms with van der Waals surface area (Å²) >= 11 is 0. The fourth-order valence-electron chi connectivity index (χ4n) is 4.29. The highest BCUT2D eigenvalue weighted by Crippen LogP contribution is 2.38. The maximum atomic E-state index is 13.6. The topological polar surface area (TPSA) is 65.8 Å². The van der Waals surface area contributed by atoms with Gasteiger partial charge in [-0.1, -0.05) is 60.7 Å². The summed E-state index contributed by atoms with van der Waals surface area (Å²) in [6.07, 6.45) is 0. The lowest BCUT2D eigenvalue weighted by Gasteiger charge is -2.29. The number of carbonyl (C=O) groups excluding carboxylic acids is 1. The lowest BCUT2D eigenvalue weighted by Crippen LogP contribution is -2.43. The van der Waals surface area contributed by atoms with Gasteiger partial charge in [0, 0.05) is 0 Å². The Balaban J connectivity index is 1.72. The molecule has 0 saturated carbocycles. The Morgan fingerprint density at radius 2 is 1.07 bits per heavy atom. The summed E-state index contributed by atoms with van der Waals surface area (Å²) in [6.45, 7) is 8.28. The molecule has 5 heteroatoms. The van der Waals surface area contributed by atoms with Gasteiger partial charge in [0.25, 0.3) is 0 Å².